The third-order valence-corrected chi connectivity index (χ3v) is 3.01. The molecule has 0 N–H and O–H groups in total. The van der Waals surface area contributed by atoms with Crippen molar-refractivity contribution in [1.29, 1.82) is 0 Å². The Labute approximate surface area is 90.4 Å². The molecule has 82 valence electrons. The van der Waals surface area contributed by atoms with Crippen molar-refractivity contribution < 1.29 is 9.53 Å². The molecule has 3 heteroatoms. The van der Waals surface area contributed by atoms with Gasteiger partial charge in [0, 0.05) is 12.6 Å². The van der Waals surface area contributed by atoms with E-state index in [1.54, 1.807) is 0 Å². The maximum absolute atomic E-state index is 11.6. The second-order valence-electron chi connectivity index (χ2n) is 4.02. The monoisotopic (exact) mass is 207 g/mol. The van der Waals surface area contributed by atoms with Crippen molar-refractivity contribution in [3.8, 4) is 0 Å². The van der Waals surface area contributed by atoms with Crippen LogP contribution in [0.2, 0.25) is 0 Å². The number of nitrogens with zero attached hydrogens (tertiary/aromatic N) is 1. The molecule has 2 rings (SSSR count). The highest BCUT2D eigenvalue weighted by molar-refractivity contribution is 5.72. The normalized spacial score (nSPS) is 28.7. The quantitative estimate of drug-likeness (QED) is 0.646. The molecule has 1 saturated heterocycles. The van der Waals surface area contributed by atoms with Crippen LogP contribution in [0.15, 0.2) is 24.4 Å². The van der Waals surface area contributed by atoms with E-state index < -0.39 is 0 Å². The summed E-state index contributed by atoms with van der Waals surface area (Å²) in [6.07, 6.45) is 10.3. The number of piperidine rings is 1. The number of esters is 1. The Bertz CT molecular complexity index is 296. The van der Waals surface area contributed by atoms with Crippen LogP contribution >= 0.6 is 0 Å². The van der Waals surface area contributed by atoms with E-state index in [0.717, 1.165) is 19.4 Å². The molecule has 0 saturated carbocycles. The van der Waals surface area contributed by atoms with Crippen LogP contribution in [0.25, 0.3) is 0 Å². The maximum Gasteiger partial charge on any atom is 0.310 e. The first kappa shape index (κ1) is 10.3. The maximum atomic E-state index is 11.6. The van der Waals surface area contributed by atoms with Gasteiger partial charge < -0.3 is 9.64 Å². The smallest absolute Gasteiger partial charge is 0.310 e. The van der Waals surface area contributed by atoms with Crippen LogP contribution in [0.5, 0.6) is 0 Å². The number of allylic oxidation sites excluding steroid dienone is 2. The lowest BCUT2D eigenvalue weighted by atomic mass is 9.92. The van der Waals surface area contributed by atoms with Gasteiger partial charge in [0.15, 0.2) is 0 Å². The molecule has 2 atom stereocenters. The summed E-state index contributed by atoms with van der Waals surface area (Å²) in [5.41, 5.74) is 0. The fourth-order valence-electron chi connectivity index (χ4n) is 2.20. The van der Waals surface area contributed by atoms with Crippen LogP contribution in [0.3, 0.4) is 0 Å². The van der Waals surface area contributed by atoms with E-state index in [1.807, 2.05) is 13.0 Å². The molecule has 2 heterocycles. The molecule has 2 unspecified atom stereocenters. The van der Waals surface area contributed by atoms with Gasteiger partial charge in [-0.15, -0.1) is 0 Å². The Morgan fingerprint density at radius 2 is 2.33 bits per heavy atom. The molecule has 0 radical (unpaired) electrons. The van der Waals surface area contributed by atoms with Crippen molar-refractivity contribution in [2.24, 2.45) is 5.92 Å². The number of hydrogen-bond donors (Lipinski definition) is 0. The second-order valence-corrected chi connectivity index (χ2v) is 4.02. The van der Waals surface area contributed by atoms with Crippen molar-refractivity contribution in [3.63, 3.8) is 0 Å². The number of fused-ring (bicyclic) bond motifs is 1. The van der Waals surface area contributed by atoms with Crippen molar-refractivity contribution >= 4 is 5.97 Å². The zero-order chi connectivity index (χ0) is 10.7. The Morgan fingerprint density at radius 3 is 3.13 bits per heavy atom. The van der Waals surface area contributed by atoms with Crippen molar-refractivity contribution in [2.75, 3.05) is 13.2 Å². The summed E-state index contributed by atoms with van der Waals surface area (Å²) in [5, 5.41) is 0. The lowest BCUT2D eigenvalue weighted by Gasteiger charge is -2.37. The number of ether oxygens (including phenoxy) is 1. The Morgan fingerprint density at radius 1 is 1.47 bits per heavy atom. The van der Waals surface area contributed by atoms with Crippen LogP contribution in [0.4, 0.5) is 0 Å². The van der Waals surface area contributed by atoms with Gasteiger partial charge in [-0.2, -0.15) is 0 Å². The van der Waals surface area contributed by atoms with E-state index in [9.17, 15) is 4.79 Å². The van der Waals surface area contributed by atoms with Gasteiger partial charge in [0.2, 0.25) is 0 Å². The fourth-order valence-corrected chi connectivity index (χ4v) is 2.20. The predicted molar refractivity (Wildman–Crippen MR) is 58.1 cm³/mol. The van der Waals surface area contributed by atoms with Crippen LogP contribution in [-0.2, 0) is 9.53 Å². The van der Waals surface area contributed by atoms with Gasteiger partial charge in [-0.25, -0.2) is 0 Å². The Hall–Kier alpha value is -1.25. The number of carbonyl (C=O) groups is 1. The first-order chi connectivity index (χ1) is 7.31. The van der Waals surface area contributed by atoms with Crippen molar-refractivity contribution in [3.05, 3.63) is 24.4 Å². The lowest BCUT2D eigenvalue weighted by Crippen LogP contribution is -2.42. The van der Waals surface area contributed by atoms with E-state index in [-0.39, 0.29) is 11.9 Å². The highest BCUT2D eigenvalue weighted by atomic mass is 16.5. The predicted octanol–water partition coefficient (Wildman–Crippen LogP) is 1.71. The second kappa shape index (κ2) is 4.51. The van der Waals surface area contributed by atoms with Crippen molar-refractivity contribution in [2.45, 2.75) is 25.8 Å². The summed E-state index contributed by atoms with van der Waals surface area (Å²) in [6.45, 7) is 3.13. The molecule has 3 nitrogen and oxygen atoms in total. The van der Waals surface area contributed by atoms with Gasteiger partial charge in [-0.05, 0) is 32.0 Å². The number of carbonyl (C=O) groups excluding carboxylic acids is 1. The SMILES string of the molecule is CCOC(=O)C1CCC2C=CC=CN2C1. The van der Waals surface area contributed by atoms with Crippen LogP contribution in [0, 0.1) is 5.92 Å². The Balaban J connectivity index is 1.94. The van der Waals surface area contributed by atoms with Crippen LogP contribution in [-0.4, -0.2) is 30.1 Å². The minimum atomic E-state index is -0.0427. The third-order valence-electron chi connectivity index (χ3n) is 3.01. The van der Waals surface area contributed by atoms with E-state index in [0.29, 0.717) is 12.6 Å². The summed E-state index contributed by atoms with van der Waals surface area (Å²) in [5.74, 6) is 0.0104. The lowest BCUT2D eigenvalue weighted by molar-refractivity contribution is -0.149. The number of rotatable bonds is 2. The van der Waals surface area contributed by atoms with E-state index in [1.165, 1.54) is 0 Å². The van der Waals surface area contributed by atoms with Crippen molar-refractivity contribution in [1.82, 2.24) is 4.90 Å². The molecule has 0 spiro atoms. The van der Waals surface area contributed by atoms with Gasteiger partial charge in [0.1, 0.15) is 0 Å². The third kappa shape index (κ3) is 2.22. The largest absolute Gasteiger partial charge is 0.466 e. The molecule has 15 heavy (non-hydrogen) atoms. The average molecular weight is 207 g/mol. The minimum Gasteiger partial charge on any atom is -0.466 e. The molecule has 0 aromatic carbocycles. The van der Waals surface area contributed by atoms with Gasteiger partial charge >= 0.3 is 5.97 Å². The molecule has 0 amide bonds. The molecule has 0 bridgehead atoms. The highest BCUT2D eigenvalue weighted by Crippen LogP contribution is 2.25. The van der Waals surface area contributed by atoms with Gasteiger partial charge in [0.05, 0.1) is 12.5 Å². The topological polar surface area (TPSA) is 29.5 Å². The highest BCUT2D eigenvalue weighted by Gasteiger charge is 2.30. The van der Waals surface area contributed by atoms with Gasteiger partial charge in [0.25, 0.3) is 0 Å². The summed E-state index contributed by atoms with van der Waals surface area (Å²) in [6, 6.07) is 0.487. The van der Waals surface area contributed by atoms with Gasteiger partial charge in [-0.3, -0.25) is 4.79 Å². The van der Waals surface area contributed by atoms with E-state index >= 15 is 0 Å². The molecule has 0 aromatic heterocycles. The molecule has 0 aromatic rings. The molecule has 1 fully saturated rings. The van der Waals surface area contributed by atoms with Gasteiger partial charge in [-0.1, -0.05) is 12.2 Å². The minimum absolute atomic E-state index is 0.0427. The summed E-state index contributed by atoms with van der Waals surface area (Å²) in [7, 11) is 0. The zero-order valence-electron chi connectivity index (χ0n) is 9.06. The zero-order valence-corrected chi connectivity index (χ0v) is 9.06. The Kier molecular flexibility index (Phi) is 3.09. The van der Waals surface area contributed by atoms with E-state index in [2.05, 4.69) is 23.3 Å². The first-order valence-electron chi connectivity index (χ1n) is 5.58. The molecule has 2 aliphatic heterocycles. The molecule has 2 aliphatic rings. The molecular weight excluding hydrogens is 190 g/mol. The fraction of sp³-hybridized carbons (Fsp3) is 0.583. The molecular formula is C12H17NO2. The van der Waals surface area contributed by atoms with E-state index in [4.69, 9.17) is 4.74 Å². The standard InChI is InChI=1S/C12H17NO2/c1-2-15-12(14)10-6-7-11-5-3-4-8-13(11)9-10/h3-5,8,10-11H,2,6-7,9H2,1H3. The summed E-state index contributed by atoms with van der Waals surface area (Å²) in [4.78, 5) is 13.8. The molecule has 0 aliphatic carbocycles. The average Bonchev–Trinajstić information content (AvgIpc) is 2.29. The van der Waals surface area contributed by atoms with Crippen LogP contribution in [0.1, 0.15) is 19.8 Å². The number of hydrogen-bond acceptors (Lipinski definition) is 3. The summed E-state index contributed by atoms with van der Waals surface area (Å²) < 4.78 is 5.05. The van der Waals surface area contributed by atoms with Crippen LogP contribution < -0.4 is 0 Å². The first-order valence-corrected chi connectivity index (χ1v) is 5.58. The summed E-state index contributed by atoms with van der Waals surface area (Å²) >= 11 is 0.